The average Bonchev–Trinajstić information content (AvgIpc) is 3.28. The second kappa shape index (κ2) is 6.87. The molecule has 1 aromatic carbocycles. The highest BCUT2D eigenvalue weighted by atomic mass is 16.2. The van der Waals surface area contributed by atoms with Crippen LogP contribution in [0.2, 0.25) is 0 Å². The average molecular weight is 348 g/mol. The summed E-state index contributed by atoms with van der Waals surface area (Å²) in [5.41, 5.74) is 2.90. The highest BCUT2D eigenvalue weighted by Crippen LogP contribution is 2.24. The van der Waals surface area contributed by atoms with Gasteiger partial charge in [0.15, 0.2) is 0 Å². The summed E-state index contributed by atoms with van der Waals surface area (Å²) in [5.74, 6) is 0.765. The Morgan fingerprint density at radius 1 is 1.19 bits per heavy atom. The number of hydrogen-bond acceptors (Lipinski definition) is 4. The Morgan fingerprint density at radius 3 is 2.81 bits per heavy atom. The van der Waals surface area contributed by atoms with Crippen molar-refractivity contribution in [2.24, 2.45) is 0 Å². The number of urea groups is 1. The Morgan fingerprint density at radius 2 is 2.12 bits per heavy atom. The zero-order valence-corrected chi connectivity index (χ0v) is 14.5. The van der Waals surface area contributed by atoms with E-state index in [4.69, 9.17) is 0 Å². The molecule has 2 aromatic heterocycles. The third-order valence-electron chi connectivity index (χ3n) is 4.40. The van der Waals surface area contributed by atoms with E-state index in [-0.39, 0.29) is 6.03 Å². The number of nitrogens with one attached hydrogen (secondary N) is 1. The van der Waals surface area contributed by atoms with Crippen molar-refractivity contribution in [2.45, 2.75) is 6.54 Å². The van der Waals surface area contributed by atoms with Crippen molar-refractivity contribution in [3.8, 4) is 0 Å². The van der Waals surface area contributed by atoms with E-state index in [0.717, 1.165) is 35.8 Å². The number of rotatable bonds is 5. The van der Waals surface area contributed by atoms with Gasteiger partial charge in [0.25, 0.3) is 0 Å². The Bertz CT molecular complexity index is 891. The van der Waals surface area contributed by atoms with Gasteiger partial charge in [0.1, 0.15) is 5.82 Å². The molecular weight excluding hydrogens is 328 g/mol. The molecule has 7 nitrogen and oxygen atoms in total. The lowest BCUT2D eigenvalue weighted by atomic mass is 10.2. The molecule has 0 atom stereocenters. The second-order valence-electron chi connectivity index (χ2n) is 6.32. The van der Waals surface area contributed by atoms with Crippen molar-refractivity contribution in [3.05, 3.63) is 66.9 Å². The summed E-state index contributed by atoms with van der Waals surface area (Å²) in [6, 6.07) is 11.9. The van der Waals surface area contributed by atoms with Gasteiger partial charge in [-0.2, -0.15) is 0 Å². The molecule has 1 saturated heterocycles. The van der Waals surface area contributed by atoms with Gasteiger partial charge in [-0.05, 0) is 29.8 Å². The van der Waals surface area contributed by atoms with Gasteiger partial charge in [0.05, 0.1) is 6.33 Å². The number of imidazole rings is 1. The largest absolute Gasteiger partial charge is 0.340 e. The molecule has 1 aliphatic heterocycles. The number of likely N-dealkylation sites (N-methyl/N-ethyl adjacent to an activating group) is 1. The Labute approximate surface area is 151 Å². The third kappa shape index (κ3) is 3.37. The fourth-order valence-corrected chi connectivity index (χ4v) is 2.97. The molecule has 0 bridgehead atoms. The van der Waals surface area contributed by atoms with Crippen LogP contribution in [0.25, 0.3) is 0 Å². The highest BCUT2D eigenvalue weighted by molar-refractivity contribution is 5.94. The summed E-state index contributed by atoms with van der Waals surface area (Å²) in [7, 11) is 1.82. The molecular formula is C19H20N6O. The van der Waals surface area contributed by atoms with Crippen molar-refractivity contribution in [1.29, 1.82) is 0 Å². The fourth-order valence-electron chi connectivity index (χ4n) is 2.97. The minimum absolute atomic E-state index is 0.0316. The molecule has 3 heterocycles. The molecule has 3 aromatic rings. The molecule has 0 unspecified atom stereocenters. The monoisotopic (exact) mass is 348 g/mol. The van der Waals surface area contributed by atoms with Crippen molar-refractivity contribution >= 4 is 23.2 Å². The van der Waals surface area contributed by atoms with Gasteiger partial charge >= 0.3 is 6.03 Å². The Kier molecular flexibility index (Phi) is 4.27. The lowest BCUT2D eigenvalue weighted by molar-refractivity contribution is 0.229. The van der Waals surface area contributed by atoms with Gasteiger partial charge in [-0.1, -0.05) is 12.1 Å². The van der Waals surface area contributed by atoms with Crippen LogP contribution in [0.5, 0.6) is 0 Å². The van der Waals surface area contributed by atoms with Crippen molar-refractivity contribution in [2.75, 3.05) is 30.4 Å². The molecule has 1 N–H and O–H groups in total. The summed E-state index contributed by atoms with van der Waals surface area (Å²) in [6.45, 7) is 2.20. The van der Waals surface area contributed by atoms with Crippen LogP contribution in [0.1, 0.15) is 5.56 Å². The van der Waals surface area contributed by atoms with E-state index in [1.54, 1.807) is 22.3 Å². The first-order chi connectivity index (χ1) is 12.7. The molecule has 1 fully saturated rings. The molecule has 0 radical (unpaired) electrons. The van der Waals surface area contributed by atoms with Gasteiger partial charge in [-0.25, -0.2) is 14.8 Å². The minimum Gasteiger partial charge on any atom is -0.340 e. The van der Waals surface area contributed by atoms with Crippen LogP contribution >= 0.6 is 0 Å². The van der Waals surface area contributed by atoms with E-state index in [1.165, 1.54) is 0 Å². The summed E-state index contributed by atoms with van der Waals surface area (Å²) in [4.78, 5) is 24.2. The molecule has 0 spiro atoms. The van der Waals surface area contributed by atoms with Crippen LogP contribution in [0, 0.1) is 0 Å². The van der Waals surface area contributed by atoms with Crippen LogP contribution in [-0.2, 0) is 6.54 Å². The lowest BCUT2D eigenvalue weighted by Crippen LogP contribution is -2.29. The number of hydrogen-bond donors (Lipinski definition) is 1. The van der Waals surface area contributed by atoms with Crippen molar-refractivity contribution in [3.63, 3.8) is 0 Å². The standard InChI is InChI=1S/C19H20N6O/c1-23-9-10-25(19(23)26)17-4-2-3-16(11-17)22-18-6-5-15(12-21-18)13-24-8-7-20-14-24/h2-8,11-12,14H,9-10,13H2,1H3,(H,21,22). The number of anilines is 3. The van der Waals surface area contributed by atoms with E-state index >= 15 is 0 Å². The zero-order chi connectivity index (χ0) is 17.9. The molecule has 132 valence electrons. The maximum absolute atomic E-state index is 12.2. The molecule has 0 aliphatic carbocycles. The number of amides is 2. The third-order valence-corrected chi connectivity index (χ3v) is 4.40. The summed E-state index contributed by atoms with van der Waals surface area (Å²) < 4.78 is 2.00. The van der Waals surface area contributed by atoms with E-state index in [9.17, 15) is 4.79 Å². The maximum atomic E-state index is 12.2. The fraction of sp³-hybridized carbons (Fsp3) is 0.211. The zero-order valence-electron chi connectivity index (χ0n) is 14.5. The summed E-state index contributed by atoms with van der Waals surface area (Å²) in [5, 5.41) is 3.30. The quantitative estimate of drug-likeness (QED) is 0.770. The first-order valence-electron chi connectivity index (χ1n) is 8.49. The predicted octanol–water partition coefficient (Wildman–Crippen LogP) is 2.94. The molecule has 7 heteroatoms. The Hall–Kier alpha value is -3.35. The number of carbonyl (C=O) groups excluding carboxylic acids is 1. The highest BCUT2D eigenvalue weighted by Gasteiger charge is 2.26. The number of benzene rings is 1. The van der Waals surface area contributed by atoms with E-state index < -0.39 is 0 Å². The number of carbonyl (C=O) groups is 1. The second-order valence-corrected chi connectivity index (χ2v) is 6.32. The minimum atomic E-state index is 0.0316. The number of pyridine rings is 1. The summed E-state index contributed by atoms with van der Waals surface area (Å²) >= 11 is 0. The summed E-state index contributed by atoms with van der Waals surface area (Å²) in [6.07, 6.45) is 7.33. The smallest absolute Gasteiger partial charge is 0.324 e. The van der Waals surface area contributed by atoms with Gasteiger partial charge < -0.3 is 14.8 Å². The number of aromatic nitrogens is 3. The lowest BCUT2D eigenvalue weighted by Gasteiger charge is -2.17. The van der Waals surface area contributed by atoms with E-state index in [2.05, 4.69) is 15.3 Å². The van der Waals surface area contributed by atoms with Crippen LogP contribution in [0.15, 0.2) is 61.3 Å². The predicted molar refractivity (Wildman–Crippen MR) is 101 cm³/mol. The van der Waals surface area contributed by atoms with Crippen LogP contribution in [0.4, 0.5) is 22.0 Å². The molecule has 26 heavy (non-hydrogen) atoms. The van der Waals surface area contributed by atoms with Gasteiger partial charge in [0, 0.05) is 56.6 Å². The molecule has 0 saturated carbocycles. The SMILES string of the molecule is CN1CCN(c2cccc(Nc3ccc(Cn4ccnc4)cn3)c2)C1=O. The van der Waals surface area contributed by atoms with Crippen LogP contribution < -0.4 is 10.2 Å². The normalized spacial score (nSPS) is 14.1. The molecule has 2 amide bonds. The molecule has 4 rings (SSSR count). The van der Waals surface area contributed by atoms with Crippen LogP contribution in [0.3, 0.4) is 0 Å². The maximum Gasteiger partial charge on any atom is 0.324 e. The number of nitrogens with zero attached hydrogens (tertiary/aromatic N) is 5. The van der Waals surface area contributed by atoms with Gasteiger partial charge in [-0.15, -0.1) is 0 Å². The molecule has 1 aliphatic rings. The first-order valence-corrected chi connectivity index (χ1v) is 8.49. The first kappa shape index (κ1) is 16.1. The van der Waals surface area contributed by atoms with E-state index in [1.807, 2.05) is 60.4 Å². The topological polar surface area (TPSA) is 66.3 Å². The Balaban J connectivity index is 1.45. The van der Waals surface area contributed by atoms with Crippen molar-refractivity contribution < 1.29 is 4.79 Å². The van der Waals surface area contributed by atoms with Gasteiger partial charge in [0.2, 0.25) is 0 Å². The van der Waals surface area contributed by atoms with Gasteiger partial charge in [-0.3, -0.25) is 4.90 Å². The van der Waals surface area contributed by atoms with Crippen LogP contribution in [-0.4, -0.2) is 45.6 Å². The van der Waals surface area contributed by atoms with Crippen molar-refractivity contribution in [1.82, 2.24) is 19.4 Å². The van der Waals surface area contributed by atoms with E-state index in [0.29, 0.717) is 6.54 Å².